The van der Waals surface area contributed by atoms with E-state index in [2.05, 4.69) is 28.5 Å². The molecule has 1 aromatic carbocycles. The molecule has 4 heteroatoms. The Morgan fingerprint density at radius 1 is 1.33 bits per heavy atom. The molecule has 90 valence electrons. The van der Waals surface area contributed by atoms with Crippen LogP contribution < -0.4 is 5.32 Å². The van der Waals surface area contributed by atoms with Gasteiger partial charge in [-0.15, -0.1) is 11.8 Å². The van der Waals surface area contributed by atoms with Gasteiger partial charge in [0.15, 0.2) is 0 Å². The molecule has 0 aliphatic heterocycles. The molecule has 0 aliphatic carbocycles. The summed E-state index contributed by atoms with van der Waals surface area (Å²) in [5, 5.41) is 12.3. The Kier molecular flexibility index (Phi) is 4.21. The highest BCUT2D eigenvalue weighted by molar-refractivity contribution is 7.98. The number of pyridine rings is 1. The highest BCUT2D eigenvalue weighted by Gasteiger charge is 2.02. The fourth-order valence-electron chi connectivity index (χ4n) is 1.61. The topological polar surface area (TPSA) is 48.7 Å². The van der Waals surface area contributed by atoms with E-state index in [1.165, 1.54) is 4.90 Å². The minimum absolute atomic E-state index is 0.478. The average Bonchev–Trinajstić information content (AvgIpc) is 2.45. The van der Waals surface area contributed by atoms with Crippen molar-refractivity contribution in [2.24, 2.45) is 0 Å². The minimum Gasteiger partial charge on any atom is -0.381 e. The van der Waals surface area contributed by atoms with E-state index in [1.54, 1.807) is 18.0 Å². The molecule has 0 amide bonds. The lowest BCUT2D eigenvalue weighted by atomic mass is 10.2. The lowest BCUT2D eigenvalue weighted by Gasteiger charge is -2.08. The molecule has 18 heavy (non-hydrogen) atoms. The molecule has 1 aromatic heterocycles. The van der Waals surface area contributed by atoms with E-state index in [-0.39, 0.29) is 0 Å². The van der Waals surface area contributed by atoms with Crippen molar-refractivity contribution in [3.63, 3.8) is 0 Å². The van der Waals surface area contributed by atoms with Crippen molar-refractivity contribution in [2.75, 3.05) is 11.6 Å². The number of benzene rings is 1. The standard InChI is InChI=1S/C14H13N3S/c1-18-13-6-2-5-12(8-13)17-10-11-4-3-7-16-14(11)9-15/h2-8,17H,10H2,1H3. The summed E-state index contributed by atoms with van der Waals surface area (Å²) in [6, 6.07) is 14.0. The Morgan fingerprint density at radius 2 is 2.22 bits per heavy atom. The van der Waals surface area contributed by atoms with Crippen molar-refractivity contribution in [1.82, 2.24) is 4.98 Å². The number of rotatable bonds is 4. The summed E-state index contributed by atoms with van der Waals surface area (Å²) in [5.74, 6) is 0. The molecule has 2 rings (SSSR count). The SMILES string of the molecule is CSc1cccc(NCc2cccnc2C#N)c1. The maximum Gasteiger partial charge on any atom is 0.145 e. The summed E-state index contributed by atoms with van der Waals surface area (Å²) in [6.07, 6.45) is 3.68. The van der Waals surface area contributed by atoms with Crippen molar-refractivity contribution >= 4 is 17.4 Å². The van der Waals surface area contributed by atoms with Crippen molar-refractivity contribution in [1.29, 1.82) is 5.26 Å². The van der Waals surface area contributed by atoms with E-state index in [9.17, 15) is 0 Å². The van der Waals surface area contributed by atoms with Crippen LogP contribution in [-0.4, -0.2) is 11.2 Å². The van der Waals surface area contributed by atoms with Crippen LogP contribution >= 0.6 is 11.8 Å². The first-order chi connectivity index (χ1) is 8.83. The zero-order valence-electron chi connectivity index (χ0n) is 10.1. The number of aromatic nitrogens is 1. The molecule has 1 N–H and O–H groups in total. The number of thioether (sulfide) groups is 1. The first-order valence-electron chi connectivity index (χ1n) is 5.55. The minimum atomic E-state index is 0.478. The molecule has 0 bridgehead atoms. The van der Waals surface area contributed by atoms with Gasteiger partial charge in [0.25, 0.3) is 0 Å². The predicted molar refractivity (Wildman–Crippen MR) is 74.5 cm³/mol. The number of nitriles is 1. The second kappa shape index (κ2) is 6.08. The van der Waals surface area contributed by atoms with Crippen LogP contribution in [0.1, 0.15) is 11.3 Å². The first kappa shape index (κ1) is 12.5. The third-order valence-electron chi connectivity index (χ3n) is 2.55. The summed E-state index contributed by atoms with van der Waals surface area (Å²) in [5.41, 5.74) is 2.44. The second-order valence-electron chi connectivity index (χ2n) is 3.71. The van der Waals surface area contributed by atoms with E-state index in [1.807, 2.05) is 30.5 Å². The van der Waals surface area contributed by atoms with Crippen LogP contribution in [0.4, 0.5) is 5.69 Å². The maximum atomic E-state index is 8.95. The van der Waals surface area contributed by atoms with Gasteiger partial charge in [-0.3, -0.25) is 0 Å². The Morgan fingerprint density at radius 3 is 3.00 bits per heavy atom. The van der Waals surface area contributed by atoms with Gasteiger partial charge in [0, 0.05) is 28.9 Å². The van der Waals surface area contributed by atoms with Crippen LogP contribution in [0.3, 0.4) is 0 Å². The van der Waals surface area contributed by atoms with Crippen LogP contribution in [0.2, 0.25) is 0 Å². The van der Waals surface area contributed by atoms with Crippen molar-refractivity contribution < 1.29 is 0 Å². The smallest absolute Gasteiger partial charge is 0.145 e. The molecule has 0 saturated heterocycles. The zero-order chi connectivity index (χ0) is 12.8. The van der Waals surface area contributed by atoms with Crippen LogP contribution in [0.15, 0.2) is 47.5 Å². The molecule has 1 heterocycles. The number of nitrogens with one attached hydrogen (secondary N) is 1. The molecular formula is C14H13N3S. The Balaban J connectivity index is 2.09. The predicted octanol–water partition coefficient (Wildman–Crippen LogP) is 3.29. The highest BCUT2D eigenvalue weighted by Crippen LogP contribution is 2.19. The molecule has 0 fully saturated rings. The molecule has 0 unspecified atom stereocenters. The van der Waals surface area contributed by atoms with Crippen LogP contribution in [0, 0.1) is 11.3 Å². The van der Waals surface area contributed by atoms with Gasteiger partial charge in [-0.2, -0.15) is 5.26 Å². The van der Waals surface area contributed by atoms with E-state index in [4.69, 9.17) is 5.26 Å². The van der Waals surface area contributed by atoms with E-state index in [0.717, 1.165) is 11.3 Å². The van der Waals surface area contributed by atoms with Crippen molar-refractivity contribution in [2.45, 2.75) is 11.4 Å². The first-order valence-corrected chi connectivity index (χ1v) is 6.78. The van der Waals surface area contributed by atoms with E-state index in [0.29, 0.717) is 12.2 Å². The monoisotopic (exact) mass is 255 g/mol. The third kappa shape index (κ3) is 3.02. The lowest BCUT2D eigenvalue weighted by molar-refractivity contribution is 1.09. The maximum absolute atomic E-state index is 8.95. The van der Waals surface area contributed by atoms with E-state index < -0.39 is 0 Å². The molecular weight excluding hydrogens is 242 g/mol. The van der Waals surface area contributed by atoms with E-state index >= 15 is 0 Å². The summed E-state index contributed by atoms with van der Waals surface area (Å²) in [7, 11) is 0. The molecule has 0 saturated carbocycles. The number of anilines is 1. The molecule has 2 aromatic rings. The second-order valence-corrected chi connectivity index (χ2v) is 4.59. The Labute approximate surface area is 111 Å². The fraction of sp³-hybridized carbons (Fsp3) is 0.143. The summed E-state index contributed by atoms with van der Waals surface area (Å²) in [6.45, 7) is 0.606. The molecule has 0 spiro atoms. The third-order valence-corrected chi connectivity index (χ3v) is 3.28. The average molecular weight is 255 g/mol. The lowest BCUT2D eigenvalue weighted by Crippen LogP contribution is -2.02. The fourth-order valence-corrected chi connectivity index (χ4v) is 2.07. The number of nitrogens with zero attached hydrogens (tertiary/aromatic N) is 2. The molecule has 0 aliphatic rings. The molecule has 3 nitrogen and oxygen atoms in total. The van der Waals surface area contributed by atoms with Gasteiger partial charge in [-0.05, 0) is 30.5 Å². The highest BCUT2D eigenvalue weighted by atomic mass is 32.2. The van der Waals surface area contributed by atoms with Crippen LogP contribution in [0.5, 0.6) is 0 Å². The van der Waals surface area contributed by atoms with Gasteiger partial charge in [-0.1, -0.05) is 12.1 Å². The molecule has 0 radical (unpaired) electrons. The summed E-state index contributed by atoms with van der Waals surface area (Å²) < 4.78 is 0. The van der Waals surface area contributed by atoms with Gasteiger partial charge < -0.3 is 5.32 Å². The molecule has 0 atom stereocenters. The van der Waals surface area contributed by atoms with Gasteiger partial charge in [-0.25, -0.2) is 4.98 Å². The largest absolute Gasteiger partial charge is 0.381 e. The van der Waals surface area contributed by atoms with Gasteiger partial charge in [0.1, 0.15) is 11.8 Å². The number of hydrogen-bond acceptors (Lipinski definition) is 4. The summed E-state index contributed by atoms with van der Waals surface area (Å²) in [4.78, 5) is 5.25. The number of hydrogen-bond donors (Lipinski definition) is 1. The van der Waals surface area contributed by atoms with Crippen LogP contribution in [-0.2, 0) is 6.54 Å². The van der Waals surface area contributed by atoms with Gasteiger partial charge in [0.2, 0.25) is 0 Å². The quantitative estimate of drug-likeness (QED) is 0.852. The Hall–Kier alpha value is -1.99. The van der Waals surface area contributed by atoms with Crippen molar-refractivity contribution in [3.8, 4) is 6.07 Å². The van der Waals surface area contributed by atoms with Crippen molar-refractivity contribution in [3.05, 3.63) is 53.9 Å². The van der Waals surface area contributed by atoms with Gasteiger partial charge >= 0.3 is 0 Å². The Bertz CT molecular complexity index is 575. The normalized spacial score (nSPS) is 9.78. The van der Waals surface area contributed by atoms with Gasteiger partial charge in [0.05, 0.1) is 0 Å². The van der Waals surface area contributed by atoms with Crippen LogP contribution in [0.25, 0.3) is 0 Å². The summed E-state index contributed by atoms with van der Waals surface area (Å²) >= 11 is 1.71. The zero-order valence-corrected chi connectivity index (χ0v) is 10.9.